The van der Waals surface area contributed by atoms with Crippen LogP contribution in [0.3, 0.4) is 0 Å². The summed E-state index contributed by atoms with van der Waals surface area (Å²) >= 11 is 0. The van der Waals surface area contributed by atoms with E-state index in [1.807, 2.05) is 36.4 Å². The van der Waals surface area contributed by atoms with E-state index in [2.05, 4.69) is 345 Å². The molecule has 95 heavy (non-hydrogen) atoms. The van der Waals surface area contributed by atoms with Crippen LogP contribution in [0.1, 0.15) is 40.3 Å². The van der Waals surface area contributed by atoms with Gasteiger partial charge in [-0.05, 0) is 82.9 Å². The number of aryl methyl sites for hydroxylation is 6. The molecule has 0 aliphatic carbocycles. The average molecular weight is 1320 g/mol. The van der Waals surface area contributed by atoms with Gasteiger partial charge in [-0.1, -0.05) is 339 Å². The van der Waals surface area contributed by atoms with Gasteiger partial charge in [-0.25, -0.2) is 0 Å². The molecule has 0 saturated heterocycles. The topological polar surface area (TPSA) is 78.0 Å². The molecule has 5 nitrogen and oxygen atoms in total. The first-order chi connectivity index (χ1) is 45.9. The standard InChI is InChI=1S/C54H48N2OP2.C24H20B.C6H6.C2H4O2.Zn/c1-37-33-39(3)51(40(4)34-37)55-58(43-21-11-7-12-22-43,44-23-13-8-14-24-44)49-31-19-29-47-48-30-20-32-50(54(48)57-53(47)49)59(45-25-15-9-16-26-45,46-27-17-10-18-28-46)56-52-41(5)35-38(2)36-42(52)6;1-5-13-21(14-6-1)25(22-15-7-2-8-16-22,23-17-9-3-10-18-23)24-19-11-4-12-20-24;1-2-4-6-5-3-1;1-2(3)4;/h7-36H,1-6H3;1-20H;1-6H;1H3,(H,3,4);/q;-1;;;+2/p-1. The minimum atomic E-state index is -2.77. The zero-order valence-corrected chi connectivity index (χ0v) is 59.9. The summed E-state index contributed by atoms with van der Waals surface area (Å²) in [5.74, 6) is -1.08. The van der Waals surface area contributed by atoms with Crippen molar-refractivity contribution in [2.75, 3.05) is 0 Å². The van der Waals surface area contributed by atoms with Crippen LogP contribution in [-0.2, 0) is 24.3 Å². The number of benzene rings is 13. The van der Waals surface area contributed by atoms with Crippen molar-refractivity contribution in [1.29, 1.82) is 0 Å². The Bertz CT molecular complexity index is 4410. The Kier molecular flexibility index (Phi) is 22.6. The summed E-state index contributed by atoms with van der Waals surface area (Å²) in [5, 5.41) is 17.9. The molecule has 0 aliphatic rings. The number of carboxylic acid groups (broad SMARTS) is 1. The molecule has 0 radical (unpaired) electrons. The number of rotatable bonds is 12. The molecule has 0 unspecified atom stereocenters. The van der Waals surface area contributed by atoms with Gasteiger partial charge in [-0.2, -0.15) is 21.9 Å². The third kappa shape index (κ3) is 14.5. The van der Waals surface area contributed by atoms with Crippen molar-refractivity contribution in [3.05, 3.63) is 373 Å². The van der Waals surface area contributed by atoms with E-state index in [4.69, 9.17) is 23.8 Å². The first kappa shape index (κ1) is 68.1. The molecule has 0 spiro atoms. The summed E-state index contributed by atoms with van der Waals surface area (Å²) in [5.41, 5.74) is 16.3. The SMILES string of the molecule is CC(=O)[O-].Cc1cc(C)c(N=P(c2ccccc2)(c2ccccc2)c2cccc3c2oc2c(P(=Nc4c(C)cc(C)cc4C)(c4ccccc4)c4ccccc4)cccc23)c(C)c1.[Zn+2].c1ccc([B-](c2ccccc2)(c2ccccc2)c2ccccc2)cc1.c1ccccc1. The van der Waals surface area contributed by atoms with Crippen LogP contribution in [0.25, 0.3) is 21.9 Å². The summed E-state index contributed by atoms with van der Waals surface area (Å²) in [4.78, 5) is 8.89. The van der Waals surface area contributed by atoms with Crippen molar-refractivity contribution in [3.63, 3.8) is 0 Å². The molecule has 464 valence electrons. The summed E-state index contributed by atoms with van der Waals surface area (Å²) < 4.78 is 19.7. The Morgan fingerprint density at radius 2 is 0.537 bits per heavy atom. The molecule has 0 fully saturated rings. The maximum absolute atomic E-state index is 8.89. The van der Waals surface area contributed by atoms with Crippen LogP contribution >= 0.6 is 14.1 Å². The first-order valence-corrected chi connectivity index (χ1v) is 35.5. The van der Waals surface area contributed by atoms with E-state index < -0.39 is 26.2 Å². The minimum absolute atomic E-state index is 0. The molecule has 0 aliphatic heterocycles. The van der Waals surface area contributed by atoms with Crippen molar-refractivity contribution in [2.24, 2.45) is 9.49 Å². The number of nitrogens with zero attached hydrogens (tertiary/aromatic N) is 2. The van der Waals surface area contributed by atoms with Gasteiger partial charge in [-0.15, -0.1) is 0 Å². The van der Waals surface area contributed by atoms with Crippen LogP contribution in [0.15, 0.2) is 354 Å². The number of hydrogen-bond donors (Lipinski definition) is 0. The molecule has 0 atom stereocenters. The summed E-state index contributed by atoms with van der Waals surface area (Å²) in [6.07, 6.45) is -1.22. The fraction of sp³-hybridized carbons (Fsp3) is 0.0814. The molecule has 14 aromatic rings. The third-order valence-corrected chi connectivity index (χ3v) is 24.6. The molecule has 1 heterocycles. The minimum Gasteiger partial charge on any atom is -0.550 e. The Hall–Kier alpha value is -9.72. The summed E-state index contributed by atoms with van der Waals surface area (Å²) in [6.45, 7) is 14.1. The van der Waals surface area contributed by atoms with Crippen LogP contribution in [0.5, 0.6) is 0 Å². The molecule has 0 N–H and O–H groups in total. The second kappa shape index (κ2) is 31.5. The van der Waals surface area contributed by atoms with Crippen molar-refractivity contribution in [1.82, 2.24) is 0 Å². The molecule has 13 aromatic carbocycles. The zero-order chi connectivity index (χ0) is 65.5. The van der Waals surface area contributed by atoms with E-state index in [-0.39, 0.29) is 19.5 Å². The first-order valence-electron chi connectivity index (χ1n) is 32.0. The van der Waals surface area contributed by atoms with Crippen LogP contribution < -0.4 is 58.8 Å². The maximum Gasteiger partial charge on any atom is 2.00 e. The van der Waals surface area contributed by atoms with Crippen LogP contribution in [0, 0.1) is 41.5 Å². The van der Waals surface area contributed by atoms with E-state index in [0.29, 0.717) is 0 Å². The Morgan fingerprint density at radius 3 is 0.768 bits per heavy atom. The molecule has 14 rings (SSSR count). The predicted octanol–water partition coefficient (Wildman–Crippen LogP) is 16.6. The van der Waals surface area contributed by atoms with Crippen molar-refractivity contribution >= 4 is 113 Å². The molecule has 1 aromatic heterocycles. The summed E-state index contributed by atoms with van der Waals surface area (Å²) in [6, 6.07) is 121. The number of aliphatic carboxylic acids is 1. The third-order valence-electron chi connectivity index (χ3n) is 17.3. The smallest absolute Gasteiger partial charge is 0.550 e. The fourth-order valence-electron chi connectivity index (χ4n) is 13.5. The van der Waals surface area contributed by atoms with Crippen LogP contribution in [0.4, 0.5) is 11.4 Å². The monoisotopic (exact) mass is 1320 g/mol. The van der Waals surface area contributed by atoms with Gasteiger partial charge in [0.1, 0.15) is 17.3 Å². The van der Waals surface area contributed by atoms with E-state index in [1.54, 1.807) is 0 Å². The predicted molar refractivity (Wildman–Crippen MR) is 404 cm³/mol. The van der Waals surface area contributed by atoms with Gasteiger partial charge in [-0.3, -0.25) is 9.49 Å². The number of carbonyl (C=O) groups excluding carboxylic acids is 1. The quantitative estimate of drug-likeness (QED) is 0.0903. The molecule has 0 amide bonds. The Labute approximate surface area is 574 Å². The molecule has 0 saturated carbocycles. The number of hydrogen-bond acceptors (Lipinski definition) is 5. The van der Waals surface area contributed by atoms with Gasteiger partial charge in [0.05, 0.1) is 25.5 Å². The largest absolute Gasteiger partial charge is 2.00 e. The maximum atomic E-state index is 8.89. The average Bonchev–Trinajstić information content (AvgIpc) is 1.66. The van der Waals surface area contributed by atoms with E-state index in [1.165, 1.54) is 76.5 Å². The second-order valence-electron chi connectivity index (χ2n) is 23.9. The number of para-hydroxylation sites is 2. The van der Waals surface area contributed by atoms with Crippen LogP contribution in [0.2, 0.25) is 0 Å². The normalized spacial score (nSPS) is 11.1. The molecule has 9 heteroatoms. The fourth-order valence-corrected chi connectivity index (χ4v) is 21.1. The van der Waals surface area contributed by atoms with Gasteiger partial charge in [0.2, 0.25) is 0 Å². The van der Waals surface area contributed by atoms with Crippen LogP contribution in [-0.4, -0.2) is 12.1 Å². The summed E-state index contributed by atoms with van der Waals surface area (Å²) in [7, 11) is -5.55. The number of furan rings is 1. The number of fused-ring (bicyclic) bond motifs is 3. The van der Waals surface area contributed by atoms with Gasteiger partial charge >= 0.3 is 19.5 Å². The van der Waals surface area contributed by atoms with Gasteiger partial charge < -0.3 is 14.3 Å². The zero-order valence-electron chi connectivity index (χ0n) is 55.1. The van der Waals surface area contributed by atoms with E-state index >= 15 is 0 Å². The van der Waals surface area contributed by atoms with Gasteiger partial charge in [0.25, 0.3) is 0 Å². The van der Waals surface area contributed by atoms with Crippen molar-refractivity contribution in [2.45, 2.75) is 48.5 Å². The molecule has 0 bridgehead atoms. The van der Waals surface area contributed by atoms with Gasteiger partial charge in [0, 0.05) is 48.6 Å². The molecular weight excluding hydrogens is 1250 g/mol. The number of carbonyl (C=O) groups is 1. The second-order valence-corrected chi connectivity index (χ2v) is 29.8. The van der Waals surface area contributed by atoms with E-state index in [9.17, 15) is 0 Å². The van der Waals surface area contributed by atoms with E-state index in [0.717, 1.165) is 50.8 Å². The van der Waals surface area contributed by atoms with Crippen molar-refractivity contribution in [3.8, 4) is 0 Å². The Balaban J connectivity index is 0.000000223. The molecular formula is C86H77BN2O3P2Zn. The Morgan fingerprint density at radius 1 is 0.326 bits per heavy atom. The number of carboxylic acids is 1. The van der Waals surface area contributed by atoms with Crippen molar-refractivity contribution < 1.29 is 33.8 Å². The van der Waals surface area contributed by atoms with Gasteiger partial charge in [0.15, 0.2) is 0 Å².